The van der Waals surface area contributed by atoms with Crippen LogP contribution in [-0.4, -0.2) is 44.3 Å². The van der Waals surface area contributed by atoms with E-state index in [0.717, 1.165) is 25.0 Å². The first-order valence-corrected chi connectivity index (χ1v) is 6.26. The van der Waals surface area contributed by atoms with E-state index >= 15 is 0 Å². The Labute approximate surface area is 93.0 Å². The Kier molecular flexibility index (Phi) is 4.00. The standard InChI is InChI=1S/C12H24N2O/c1-15-9-10-3-2-6-14(7-10)8-12(13)11-4-5-11/h10-12H,2-9,13H2,1H3. The predicted molar refractivity (Wildman–Crippen MR) is 61.7 cm³/mol. The number of nitrogens with two attached hydrogens (primary N) is 1. The molecule has 88 valence electrons. The van der Waals surface area contributed by atoms with Crippen LogP contribution < -0.4 is 5.73 Å². The van der Waals surface area contributed by atoms with Crippen molar-refractivity contribution < 1.29 is 4.74 Å². The fourth-order valence-corrected chi connectivity index (χ4v) is 2.66. The second-order valence-electron chi connectivity index (χ2n) is 5.22. The van der Waals surface area contributed by atoms with Crippen molar-refractivity contribution in [1.29, 1.82) is 0 Å². The first-order valence-electron chi connectivity index (χ1n) is 6.26. The third-order valence-corrected chi connectivity index (χ3v) is 3.70. The summed E-state index contributed by atoms with van der Waals surface area (Å²) in [7, 11) is 1.80. The highest BCUT2D eigenvalue weighted by Gasteiger charge is 2.30. The van der Waals surface area contributed by atoms with Gasteiger partial charge in [0, 0.05) is 26.2 Å². The van der Waals surface area contributed by atoms with Gasteiger partial charge in [-0.1, -0.05) is 0 Å². The van der Waals surface area contributed by atoms with Gasteiger partial charge in [0.1, 0.15) is 0 Å². The van der Waals surface area contributed by atoms with E-state index in [9.17, 15) is 0 Å². The molecule has 1 saturated carbocycles. The zero-order chi connectivity index (χ0) is 10.7. The van der Waals surface area contributed by atoms with Crippen LogP contribution >= 0.6 is 0 Å². The molecule has 2 aliphatic rings. The van der Waals surface area contributed by atoms with Crippen LogP contribution in [0.4, 0.5) is 0 Å². The second kappa shape index (κ2) is 5.28. The third-order valence-electron chi connectivity index (χ3n) is 3.70. The summed E-state index contributed by atoms with van der Waals surface area (Å²) in [6.07, 6.45) is 5.35. The summed E-state index contributed by atoms with van der Waals surface area (Å²) in [5, 5.41) is 0. The van der Waals surface area contributed by atoms with Crippen LogP contribution in [0.15, 0.2) is 0 Å². The van der Waals surface area contributed by atoms with E-state index in [-0.39, 0.29) is 0 Å². The summed E-state index contributed by atoms with van der Waals surface area (Å²) in [6.45, 7) is 4.44. The molecule has 3 heteroatoms. The lowest BCUT2D eigenvalue weighted by Crippen LogP contribution is -2.44. The Morgan fingerprint density at radius 2 is 2.20 bits per heavy atom. The maximum absolute atomic E-state index is 6.16. The average Bonchev–Trinajstić information content (AvgIpc) is 3.01. The van der Waals surface area contributed by atoms with Crippen molar-refractivity contribution >= 4 is 0 Å². The Morgan fingerprint density at radius 1 is 1.40 bits per heavy atom. The Hall–Kier alpha value is -0.120. The molecule has 0 aromatic heterocycles. The van der Waals surface area contributed by atoms with Crippen molar-refractivity contribution in [1.82, 2.24) is 4.90 Å². The fourth-order valence-electron chi connectivity index (χ4n) is 2.66. The number of rotatable bonds is 5. The van der Waals surface area contributed by atoms with Gasteiger partial charge in [-0.25, -0.2) is 0 Å². The lowest BCUT2D eigenvalue weighted by molar-refractivity contribution is 0.0867. The monoisotopic (exact) mass is 212 g/mol. The van der Waals surface area contributed by atoms with Gasteiger partial charge in [-0.05, 0) is 44.1 Å². The minimum Gasteiger partial charge on any atom is -0.384 e. The van der Waals surface area contributed by atoms with E-state index in [0.29, 0.717) is 6.04 Å². The van der Waals surface area contributed by atoms with Crippen molar-refractivity contribution in [3.05, 3.63) is 0 Å². The van der Waals surface area contributed by atoms with Crippen LogP contribution in [-0.2, 0) is 4.74 Å². The summed E-state index contributed by atoms with van der Waals surface area (Å²) in [5.41, 5.74) is 6.16. The molecule has 15 heavy (non-hydrogen) atoms. The number of methoxy groups -OCH3 is 1. The summed E-state index contributed by atoms with van der Waals surface area (Å²) in [4.78, 5) is 2.54. The van der Waals surface area contributed by atoms with E-state index in [1.54, 1.807) is 7.11 Å². The molecule has 0 amide bonds. The van der Waals surface area contributed by atoms with Gasteiger partial charge in [0.15, 0.2) is 0 Å². The van der Waals surface area contributed by atoms with Crippen molar-refractivity contribution in [3.8, 4) is 0 Å². The summed E-state index contributed by atoms with van der Waals surface area (Å²) < 4.78 is 5.24. The van der Waals surface area contributed by atoms with Crippen molar-refractivity contribution in [2.24, 2.45) is 17.6 Å². The zero-order valence-corrected chi connectivity index (χ0v) is 9.82. The molecule has 2 unspecified atom stereocenters. The number of piperidine rings is 1. The summed E-state index contributed by atoms with van der Waals surface area (Å²) in [5.74, 6) is 1.56. The number of hydrogen-bond acceptors (Lipinski definition) is 3. The van der Waals surface area contributed by atoms with Gasteiger partial charge < -0.3 is 15.4 Å². The van der Waals surface area contributed by atoms with Crippen LogP contribution in [0.5, 0.6) is 0 Å². The molecule has 1 aliphatic heterocycles. The highest BCUT2D eigenvalue weighted by molar-refractivity contribution is 4.87. The van der Waals surface area contributed by atoms with Gasteiger partial charge in [0.25, 0.3) is 0 Å². The van der Waals surface area contributed by atoms with Crippen molar-refractivity contribution in [3.63, 3.8) is 0 Å². The van der Waals surface area contributed by atoms with Crippen molar-refractivity contribution in [2.75, 3.05) is 33.4 Å². The molecule has 1 heterocycles. The van der Waals surface area contributed by atoms with Crippen LogP contribution in [0.25, 0.3) is 0 Å². The number of likely N-dealkylation sites (tertiary alicyclic amines) is 1. The normalized spacial score (nSPS) is 30.4. The summed E-state index contributed by atoms with van der Waals surface area (Å²) in [6, 6.07) is 0.422. The molecule has 2 fully saturated rings. The molecule has 0 radical (unpaired) electrons. The molecule has 0 bridgehead atoms. The van der Waals surface area contributed by atoms with E-state index in [1.165, 1.54) is 38.8 Å². The molecule has 0 aromatic carbocycles. The third kappa shape index (κ3) is 3.44. The SMILES string of the molecule is COCC1CCCN(CC(N)C2CC2)C1. The highest BCUT2D eigenvalue weighted by Crippen LogP contribution is 2.32. The maximum atomic E-state index is 6.16. The van der Waals surface area contributed by atoms with E-state index in [4.69, 9.17) is 10.5 Å². The zero-order valence-electron chi connectivity index (χ0n) is 9.82. The summed E-state index contributed by atoms with van der Waals surface area (Å²) >= 11 is 0. The highest BCUT2D eigenvalue weighted by atomic mass is 16.5. The van der Waals surface area contributed by atoms with Crippen LogP contribution in [0, 0.1) is 11.8 Å². The Balaban J connectivity index is 1.71. The van der Waals surface area contributed by atoms with Gasteiger partial charge in [-0.15, -0.1) is 0 Å². The van der Waals surface area contributed by atoms with Gasteiger partial charge in [0.05, 0.1) is 6.61 Å². The predicted octanol–water partition coefficient (Wildman–Crippen LogP) is 1.08. The molecule has 2 N–H and O–H groups in total. The minimum absolute atomic E-state index is 0.422. The molecular formula is C12H24N2O. The van der Waals surface area contributed by atoms with Gasteiger partial charge in [0.2, 0.25) is 0 Å². The number of nitrogens with zero attached hydrogens (tertiary/aromatic N) is 1. The molecule has 3 nitrogen and oxygen atoms in total. The van der Waals surface area contributed by atoms with E-state index in [1.807, 2.05) is 0 Å². The van der Waals surface area contributed by atoms with Crippen LogP contribution in [0.1, 0.15) is 25.7 Å². The van der Waals surface area contributed by atoms with Gasteiger partial charge in [-0.3, -0.25) is 0 Å². The van der Waals surface area contributed by atoms with Gasteiger partial charge >= 0.3 is 0 Å². The molecule has 1 aliphatic carbocycles. The first kappa shape index (κ1) is 11.4. The lowest BCUT2D eigenvalue weighted by Gasteiger charge is -2.34. The minimum atomic E-state index is 0.422. The van der Waals surface area contributed by atoms with Crippen LogP contribution in [0.2, 0.25) is 0 Å². The molecule has 1 saturated heterocycles. The molecule has 2 rings (SSSR count). The Morgan fingerprint density at radius 3 is 2.87 bits per heavy atom. The van der Waals surface area contributed by atoms with Gasteiger partial charge in [-0.2, -0.15) is 0 Å². The maximum Gasteiger partial charge on any atom is 0.0502 e. The smallest absolute Gasteiger partial charge is 0.0502 e. The number of hydrogen-bond donors (Lipinski definition) is 1. The molecule has 0 aromatic rings. The van der Waals surface area contributed by atoms with E-state index < -0.39 is 0 Å². The van der Waals surface area contributed by atoms with Crippen molar-refractivity contribution in [2.45, 2.75) is 31.7 Å². The van der Waals surface area contributed by atoms with Crippen LogP contribution in [0.3, 0.4) is 0 Å². The first-order chi connectivity index (χ1) is 7.29. The number of ether oxygens (including phenoxy) is 1. The topological polar surface area (TPSA) is 38.5 Å². The largest absolute Gasteiger partial charge is 0.384 e. The average molecular weight is 212 g/mol. The fraction of sp³-hybridized carbons (Fsp3) is 1.00. The van der Waals surface area contributed by atoms with E-state index in [2.05, 4.69) is 4.90 Å². The molecular weight excluding hydrogens is 188 g/mol. The second-order valence-corrected chi connectivity index (χ2v) is 5.22. The lowest BCUT2D eigenvalue weighted by atomic mass is 9.98. The Bertz CT molecular complexity index is 192. The molecule has 2 atom stereocenters. The quantitative estimate of drug-likeness (QED) is 0.741. The molecule has 0 spiro atoms.